The molecule has 0 aliphatic rings. The van der Waals surface area contributed by atoms with E-state index < -0.39 is 10.0 Å². The Morgan fingerprint density at radius 3 is 2.73 bits per heavy atom. The molecule has 15 heavy (non-hydrogen) atoms. The van der Waals surface area contributed by atoms with Gasteiger partial charge in [-0.05, 0) is 13.0 Å². The summed E-state index contributed by atoms with van der Waals surface area (Å²) in [7, 11) is -3.31. The van der Waals surface area contributed by atoms with Crippen molar-refractivity contribution < 1.29 is 13.2 Å². The molecule has 0 bridgehead atoms. The van der Waals surface area contributed by atoms with Crippen LogP contribution in [0, 0.1) is 0 Å². The highest BCUT2D eigenvalue weighted by molar-refractivity contribution is 9.10. The fourth-order valence-corrected chi connectivity index (χ4v) is 1.76. The predicted octanol–water partition coefficient (Wildman–Crippen LogP) is 1.57. The lowest BCUT2D eigenvalue weighted by Gasteiger charge is -2.05. The molecule has 84 valence electrons. The standard InChI is InChI=1S/C8H11BrN2O3S/c1-2-14-8-4-3-7(5-10-8)11-15(12,13)6-9/h3-5,11H,2,6H2,1H3. The summed E-state index contributed by atoms with van der Waals surface area (Å²) in [5.41, 5.74) is 0.415. The van der Waals surface area contributed by atoms with E-state index in [4.69, 9.17) is 4.74 Å². The molecule has 7 heteroatoms. The van der Waals surface area contributed by atoms with Crippen molar-refractivity contribution in [1.82, 2.24) is 4.98 Å². The van der Waals surface area contributed by atoms with Gasteiger partial charge in [0.25, 0.3) is 0 Å². The summed E-state index contributed by atoms with van der Waals surface area (Å²) in [6.45, 7) is 2.38. The largest absolute Gasteiger partial charge is 0.478 e. The summed E-state index contributed by atoms with van der Waals surface area (Å²) < 4.78 is 29.6. The molecule has 1 aromatic heterocycles. The summed E-state index contributed by atoms with van der Waals surface area (Å²) in [6, 6.07) is 3.20. The predicted molar refractivity (Wildman–Crippen MR) is 61.7 cm³/mol. The SMILES string of the molecule is CCOc1ccc(NS(=O)(=O)CBr)cn1. The van der Waals surface area contributed by atoms with Crippen molar-refractivity contribution in [3.05, 3.63) is 18.3 Å². The van der Waals surface area contributed by atoms with Gasteiger partial charge < -0.3 is 4.74 Å². The Kier molecular flexibility index (Phi) is 4.34. The van der Waals surface area contributed by atoms with Crippen molar-refractivity contribution in [2.75, 3.05) is 16.0 Å². The zero-order valence-corrected chi connectivity index (χ0v) is 10.5. The maximum Gasteiger partial charge on any atom is 0.242 e. The third kappa shape index (κ3) is 4.05. The monoisotopic (exact) mass is 294 g/mol. The van der Waals surface area contributed by atoms with Crippen LogP contribution in [-0.2, 0) is 10.0 Å². The van der Waals surface area contributed by atoms with Gasteiger partial charge in [-0.3, -0.25) is 4.72 Å². The molecule has 0 amide bonds. The molecule has 0 atom stereocenters. The molecule has 0 fully saturated rings. The van der Waals surface area contributed by atoms with Crippen molar-refractivity contribution in [1.29, 1.82) is 0 Å². The second-order valence-electron chi connectivity index (χ2n) is 2.64. The molecule has 0 saturated heterocycles. The summed E-state index contributed by atoms with van der Waals surface area (Å²) in [5, 5.41) is 0. The molecule has 5 nitrogen and oxygen atoms in total. The average Bonchev–Trinajstić information content (AvgIpc) is 2.21. The average molecular weight is 295 g/mol. The Morgan fingerprint density at radius 2 is 2.27 bits per heavy atom. The number of alkyl halides is 1. The number of halogens is 1. The summed E-state index contributed by atoms with van der Waals surface area (Å²) >= 11 is 2.87. The Hall–Kier alpha value is -0.820. The van der Waals surface area contributed by atoms with Gasteiger partial charge in [0.05, 0.1) is 18.5 Å². The van der Waals surface area contributed by atoms with Crippen molar-refractivity contribution in [3.63, 3.8) is 0 Å². The smallest absolute Gasteiger partial charge is 0.242 e. The Labute approximate surface area is 97.0 Å². The molecule has 0 radical (unpaired) electrons. The number of aromatic nitrogens is 1. The van der Waals surface area contributed by atoms with Gasteiger partial charge in [-0.2, -0.15) is 0 Å². The second kappa shape index (κ2) is 5.32. The first kappa shape index (κ1) is 12.3. The molecule has 1 aromatic rings. The Bertz CT molecular complexity index is 404. The van der Waals surface area contributed by atoms with Crippen LogP contribution in [0.1, 0.15) is 6.92 Å². The molecule has 0 aliphatic carbocycles. The van der Waals surface area contributed by atoms with Crippen LogP contribution < -0.4 is 9.46 Å². The summed E-state index contributed by atoms with van der Waals surface area (Å²) in [5.74, 6) is 0.472. The fraction of sp³-hybridized carbons (Fsp3) is 0.375. The van der Waals surface area contributed by atoms with Crippen molar-refractivity contribution in [3.8, 4) is 5.88 Å². The quantitative estimate of drug-likeness (QED) is 0.837. The van der Waals surface area contributed by atoms with Crippen LogP contribution >= 0.6 is 15.9 Å². The van der Waals surface area contributed by atoms with Gasteiger partial charge in [-0.25, -0.2) is 13.4 Å². The van der Waals surface area contributed by atoms with Crippen molar-refractivity contribution in [2.45, 2.75) is 6.92 Å². The van der Waals surface area contributed by atoms with Gasteiger partial charge in [-0.1, -0.05) is 15.9 Å². The van der Waals surface area contributed by atoms with Crippen LogP contribution in [0.2, 0.25) is 0 Å². The first-order valence-electron chi connectivity index (χ1n) is 4.22. The van der Waals surface area contributed by atoms with Crippen LogP contribution in [0.25, 0.3) is 0 Å². The maximum atomic E-state index is 11.2. The first-order valence-corrected chi connectivity index (χ1v) is 7.00. The summed E-state index contributed by atoms with van der Waals surface area (Å²) in [6.07, 6.45) is 1.41. The highest BCUT2D eigenvalue weighted by atomic mass is 79.9. The summed E-state index contributed by atoms with van der Waals surface area (Å²) in [4.78, 5) is 3.92. The van der Waals surface area contributed by atoms with E-state index >= 15 is 0 Å². The van der Waals surface area contributed by atoms with Gasteiger partial charge >= 0.3 is 0 Å². The van der Waals surface area contributed by atoms with E-state index in [1.54, 1.807) is 12.1 Å². The first-order chi connectivity index (χ1) is 7.07. The van der Waals surface area contributed by atoms with Gasteiger partial charge in [0.15, 0.2) is 0 Å². The number of nitrogens with zero attached hydrogens (tertiary/aromatic N) is 1. The third-order valence-corrected chi connectivity index (χ3v) is 4.09. The molecule has 0 aliphatic heterocycles. The number of nitrogens with one attached hydrogen (secondary N) is 1. The zero-order valence-electron chi connectivity index (χ0n) is 8.10. The van der Waals surface area contributed by atoms with E-state index in [0.29, 0.717) is 18.2 Å². The second-order valence-corrected chi connectivity index (χ2v) is 5.67. The van der Waals surface area contributed by atoms with E-state index in [9.17, 15) is 8.42 Å². The van der Waals surface area contributed by atoms with Crippen molar-refractivity contribution >= 4 is 31.6 Å². The van der Waals surface area contributed by atoms with E-state index in [0.717, 1.165) is 0 Å². The van der Waals surface area contributed by atoms with Crippen LogP contribution in [0.4, 0.5) is 5.69 Å². The Morgan fingerprint density at radius 1 is 1.53 bits per heavy atom. The van der Waals surface area contributed by atoms with Gasteiger partial charge in [0.2, 0.25) is 15.9 Å². The molecule has 1 heterocycles. The zero-order chi connectivity index (χ0) is 11.3. The van der Waals surface area contributed by atoms with Crippen LogP contribution in [-0.4, -0.2) is 24.7 Å². The van der Waals surface area contributed by atoms with E-state index in [1.807, 2.05) is 6.92 Å². The van der Waals surface area contributed by atoms with Crippen LogP contribution in [0.3, 0.4) is 0 Å². The number of rotatable bonds is 5. The maximum absolute atomic E-state index is 11.2. The molecular formula is C8H11BrN2O3S. The van der Waals surface area contributed by atoms with Gasteiger partial charge in [-0.15, -0.1) is 0 Å². The number of sulfonamides is 1. The lowest BCUT2D eigenvalue weighted by Crippen LogP contribution is -2.13. The highest BCUT2D eigenvalue weighted by Crippen LogP contribution is 2.13. The molecule has 0 unspecified atom stereocenters. The molecule has 0 saturated carbocycles. The van der Waals surface area contributed by atoms with Gasteiger partial charge in [0, 0.05) is 6.07 Å². The van der Waals surface area contributed by atoms with Crippen LogP contribution in [0.15, 0.2) is 18.3 Å². The molecule has 0 aromatic carbocycles. The molecule has 0 spiro atoms. The van der Waals surface area contributed by atoms with Gasteiger partial charge in [0.1, 0.15) is 4.66 Å². The van der Waals surface area contributed by atoms with Crippen LogP contribution in [0.5, 0.6) is 5.88 Å². The number of pyridine rings is 1. The minimum Gasteiger partial charge on any atom is -0.478 e. The van der Waals surface area contributed by atoms with E-state index in [2.05, 4.69) is 25.6 Å². The molecule has 1 rings (SSSR count). The number of hydrogen-bond acceptors (Lipinski definition) is 4. The normalized spacial score (nSPS) is 11.1. The molecule has 1 N–H and O–H groups in total. The van der Waals surface area contributed by atoms with E-state index in [-0.39, 0.29) is 4.66 Å². The highest BCUT2D eigenvalue weighted by Gasteiger charge is 2.07. The number of hydrogen-bond donors (Lipinski definition) is 1. The van der Waals surface area contributed by atoms with Crippen molar-refractivity contribution in [2.24, 2.45) is 0 Å². The topological polar surface area (TPSA) is 68.3 Å². The molecular weight excluding hydrogens is 284 g/mol. The third-order valence-electron chi connectivity index (χ3n) is 1.45. The lowest BCUT2D eigenvalue weighted by atomic mass is 10.4. The minimum atomic E-state index is -3.31. The minimum absolute atomic E-state index is 0.146. The fourth-order valence-electron chi connectivity index (χ4n) is 0.881. The van der Waals surface area contributed by atoms with E-state index in [1.165, 1.54) is 6.20 Å². The number of anilines is 1. The Balaban J connectivity index is 2.73. The number of ether oxygens (including phenoxy) is 1. The lowest BCUT2D eigenvalue weighted by molar-refractivity contribution is 0.327.